The first-order chi connectivity index (χ1) is 13.8. The van der Waals surface area contributed by atoms with E-state index in [1.54, 1.807) is 38.4 Å². The molecule has 0 saturated carbocycles. The van der Waals surface area contributed by atoms with Gasteiger partial charge in [0.05, 0.1) is 12.0 Å². The van der Waals surface area contributed by atoms with E-state index in [4.69, 9.17) is 9.47 Å². The number of halogens is 1. The zero-order chi connectivity index (χ0) is 21.6. The average molecular weight is 460 g/mol. The molecule has 0 atom stereocenters. The van der Waals surface area contributed by atoms with Crippen molar-refractivity contribution >= 4 is 33.6 Å². The van der Waals surface area contributed by atoms with Crippen molar-refractivity contribution < 1.29 is 19.2 Å². The van der Waals surface area contributed by atoms with Gasteiger partial charge in [0, 0.05) is 30.7 Å². The summed E-state index contributed by atoms with van der Waals surface area (Å²) < 4.78 is 11.7. The van der Waals surface area contributed by atoms with Crippen molar-refractivity contribution in [3.8, 4) is 17.6 Å². The minimum absolute atomic E-state index is 0.0191. The first-order valence-corrected chi connectivity index (χ1v) is 9.13. The van der Waals surface area contributed by atoms with Crippen LogP contribution in [0, 0.1) is 21.4 Å². The third kappa shape index (κ3) is 5.56. The van der Waals surface area contributed by atoms with Crippen LogP contribution in [0.4, 0.5) is 5.69 Å². The average Bonchev–Trinajstić information content (AvgIpc) is 2.71. The highest BCUT2D eigenvalue weighted by molar-refractivity contribution is 9.10. The van der Waals surface area contributed by atoms with Gasteiger partial charge < -0.3 is 14.4 Å². The van der Waals surface area contributed by atoms with E-state index in [1.165, 1.54) is 30.2 Å². The van der Waals surface area contributed by atoms with Gasteiger partial charge in [-0.25, -0.2) is 0 Å². The van der Waals surface area contributed by atoms with Crippen molar-refractivity contribution in [1.29, 1.82) is 5.26 Å². The lowest BCUT2D eigenvalue weighted by Crippen LogP contribution is -2.22. The highest BCUT2D eigenvalue weighted by Crippen LogP contribution is 2.35. The quantitative estimate of drug-likeness (QED) is 0.268. The summed E-state index contributed by atoms with van der Waals surface area (Å²) >= 11 is 3.41. The van der Waals surface area contributed by atoms with E-state index in [0.717, 1.165) is 0 Å². The predicted octanol–water partition coefficient (Wildman–Crippen LogP) is 3.94. The van der Waals surface area contributed by atoms with Crippen LogP contribution in [0.15, 0.2) is 46.4 Å². The Morgan fingerprint density at radius 2 is 2.03 bits per heavy atom. The molecule has 8 nitrogen and oxygen atoms in total. The molecular weight excluding hydrogens is 442 g/mol. The second kappa shape index (κ2) is 9.71. The molecule has 0 aliphatic rings. The van der Waals surface area contributed by atoms with E-state index in [1.807, 2.05) is 6.07 Å². The maximum Gasteiger partial charge on any atom is 0.269 e. The van der Waals surface area contributed by atoms with Crippen LogP contribution in [0.2, 0.25) is 0 Å². The number of amides is 1. The summed E-state index contributed by atoms with van der Waals surface area (Å²) in [5, 5.41) is 20.2. The van der Waals surface area contributed by atoms with Gasteiger partial charge in [-0.05, 0) is 29.3 Å². The Kier molecular flexibility index (Phi) is 7.33. The monoisotopic (exact) mass is 459 g/mol. The lowest BCUT2D eigenvalue weighted by atomic mass is 10.1. The van der Waals surface area contributed by atoms with Crippen LogP contribution in [0.25, 0.3) is 6.08 Å². The maximum absolute atomic E-state index is 12.1. The molecule has 0 aromatic heterocycles. The Morgan fingerprint density at radius 1 is 1.31 bits per heavy atom. The van der Waals surface area contributed by atoms with Crippen LogP contribution < -0.4 is 9.47 Å². The van der Waals surface area contributed by atoms with E-state index in [0.29, 0.717) is 27.1 Å². The Morgan fingerprint density at radius 3 is 2.62 bits per heavy atom. The summed E-state index contributed by atoms with van der Waals surface area (Å²) in [4.78, 5) is 23.8. The number of carbonyl (C=O) groups is 1. The fraction of sp³-hybridized carbons (Fsp3) is 0.200. The van der Waals surface area contributed by atoms with Gasteiger partial charge in [0.15, 0.2) is 11.5 Å². The topological polar surface area (TPSA) is 106 Å². The van der Waals surface area contributed by atoms with Crippen LogP contribution >= 0.6 is 15.9 Å². The minimum Gasteiger partial charge on any atom is -0.493 e. The molecule has 0 aliphatic heterocycles. The Hall–Kier alpha value is -3.38. The number of non-ortho nitro benzene ring substituents is 1. The molecule has 0 fully saturated rings. The number of likely N-dealkylation sites (N-methyl/N-ethyl adjacent to an activating group) is 1. The molecule has 0 bridgehead atoms. The van der Waals surface area contributed by atoms with E-state index >= 15 is 0 Å². The molecule has 0 unspecified atom stereocenters. The van der Waals surface area contributed by atoms with Gasteiger partial charge in [0.1, 0.15) is 18.2 Å². The molecule has 2 rings (SSSR count). The number of ether oxygens (including phenoxy) is 2. The van der Waals surface area contributed by atoms with Gasteiger partial charge >= 0.3 is 0 Å². The van der Waals surface area contributed by atoms with Crippen molar-refractivity contribution in [2.24, 2.45) is 0 Å². The first kappa shape index (κ1) is 21.9. The highest BCUT2D eigenvalue weighted by atomic mass is 79.9. The number of nitro groups is 1. The molecule has 1 amide bonds. The van der Waals surface area contributed by atoms with Crippen LogP contribution in [-0.2, 0) is 11.4 Å². The first-order valence-electron chi connectivity index (χ1n) is 8.34. The van der Waals surface area contributed by atoms with E-state index in [-0.39, 0.29) is 17.9 Å². The lowest BCUT2D eigenvalue weighted by molar-refractivity contribution is -0.384. The molecule has 0 heterocycles. The highest BCUT2D eigenvalue weighted by Gasteiger charge is 2.15. The molecule has 2 aromatic carbocycles. The van der Waals surface area contributed by atoms with Crippen LogP contribution in [0.3, 0.4) is 0 Å². The molecule has 9 heteroatoms. The summed E-state index contributed by atoms with van der Waals surface area (Å²) in [5.74, 6) is 0.379. The van der Waals surface area contributed by atoms with E-state index in [2.05, 4.69) is 15.9 Å². The molecular formula is C20H18BrN3O5. The van der Waals surface area contributed by atoms with Gasteiger partial charge in [0.2, 0.25) is 0 Å². The second-order valence-corrected chi connectivity index (χ2v) is 6.96. The second-order valence-electron chi connectivity index (χ2n) is 6.11. The normalized spacial score (nSPS) is 10.8. The fourth-order valence-corrected chi connectivity index (χ4v) is 2.83. The maximum atomic E-state index is 12.1. The van der Waals surface area contributed by atoms with Gasteiger partial charge in [0.25, 0.3) is 11.6 Å². The number of nitriles is 1. The van der Waals surface area contributed by atoms with Crippen LogP contribution in [0.1, 0.15) is 11.1 Å². The van der Waals surface area contributed by atoms with Gasteiger partial charge in [-0.2, -0.15) is 5.26 Å². The summed E-state index contributed by atoms with van der Waals surface area (Å²) in [6, 6.07) is 11.3. The van der Waals surface area contributed by atoms with Gasteiger partial charge in [-0.15, -0.1) is 0 Å². The SMILES string of the molecule is COc1cc(/C=C(/C#N)C(=O)N(C)C)c(Br)cc1OCc1cccc([N+](=O)[O-])c1. The number of benzene rings is 2. The number of rotatable bonds is 7. The Balaban J connectivity index is 2.31. The number of nitro benzene ring substituents is 1. The predicted molar refractivity (Wildman–Crippen MR) is 110 cm³/mol. The van der Waals surface area contributed by atoms with Crippen molar-refractivity contribution in [3.63, 3.8) is 0 Å². The molecule has 0 radical (unpaired) electrons. The van der Waals surface area contributed by atoms with Crippen molar-refractivity contribution in [2.75, 3.05) is 21.2 Å². The molecule has 0 spiro atoms. The number of methoxy groups -OCH3 is 1. The molecule has 150 valence electrons. The summed E-state index contributed by atoms with van der Waals surface area (Å²) in [6.45, 7) is 0.0994. The van der Waals surface area contributed by atoms with Gasteiger partial charge in [-0.3, -0.25) is 14.9 Å². The standard InChI is InChI=1S/C20H18BrN3O5/c1-23(2)20(25)15(11-22)8-14-9-18(28-3)19(10-17(14)21)29-12-13-5-4-6-16(7-13)24(26)27/h4-10H,12H2,1-3H3/b15-8-. The summed E-state index contributed by atoms with van der Waals surface area (Å²) in [7, 11) is 4.59. The minimum atomic E-state index is -0.469. The fourth-order valence-electron chi connectivity index (χ4n) is 2.39. The smallest absolute Gasteiger partial charge is 0.269 e. The van der Waals surface area contributed by atoms with Crippen molar-refractivity contribution in [2.45, 2.75) is 6.61 Å². The largest absolute Gasteiger partial charge is 0.493 e. The Labute approximate surface area is 176 Å². The van der Waals surface area contributed by atoms with E-state index < -0.39 is 10.8 Å². The third-order valence-electron chi connectivity index (χ3n) is 3.86. The zero-order valence-corrected chi connectivity index (χ0v) is 17.6. The van der Waals surface area contributed by atoms with Crippen molar-refractivity contribution in [1.82, 2.24) is 4.90 Å². The summed E-state index contributed by atoms with van der Waals surface area (Å²) in [6.07, 6.45) is 1.46. The molecule has 2 aromatic rings. The van der Waals surface area contributed by atoms with E-state index in [9.17, 15) is 20.2 Å². The number of hydrogen-bond acceptors (Lipinski definition) is 6. The molecule has 29 heavy (non-hydrogen) atoms. The van der Waals surface area contributed by atoms with Gasteiger partial charge in [-0.1, -0.05) is 28.1 Å². The third-order valence-corrected chi connectivity index (χ3v) is 4.54. The van der Waals surface area contributed by atoms with Crippen molar-refractivity contribution in [3.05, 3.63) is 67.7 Å². The summed E-state index contributed by atoms with van der Waals surface area (Å²) in [5.41, 5.74) is 1.15. The number of hydrogen-bond donors (Lipinski definition) is 0. The molecule has 0 saturated heterocycles. The molecule has 0 aliphatic carbocycles. The van der Waals surface area contributed by atoms with Crippen LogP contribution in [-0.4, -0.2) is 36.9 Å². The van der Waals surface area contributed by atoms with Crippen LogP contribution in [0.5, 0.6) is 11.5 Å². The molecule has 0 N–H and O–H groups in total. The number of nitrogens with zero attached hydrogens (tertiary/aromatic N) is 3. The number of carbonyl (C=O) groups excluding carboxylic acids is 1. The lowest BCUT2D eigenvalue weighted by Gasteiger charge is -2.14. The Bertz CT molecular complexity index is 1010. The zero-order valence-electron chi connectivity index (χ0n) is 16.0.